The van der Waals surface area contributed by atoms with Crippen LogP contribution in [-0.4, -0.2) is 55.6 Å². The smallest absolute Gasteiger partial charge is 0.0247 e. The molecule has 1 aromatic rings. The first-order valence-corrected chi connectivity index (χ1v) is 13.9. The molecule has 34 heavy (non-hydrogen) atoms. The van der Waals surface area contributed by atoms with Crippen molar-refractivity contribution < 1.29 is 0 Å². The fraction of sp³-hybridized carbons (Fsp3) is 0.677. The van der Waals surface area contributed by atoms with Crippen molar-refractivity contribution in [1.82, 2.24) is 15.1 Å². The number of aryl methyl sites for hydroxylation is 2. The molecule has 1 aromatic carbocycles. The van der Waals surface area contributed by atoms with Crippen molar-refractivity contribution in [2.24, 2.45) is 16.7 Å². The lowest BCUT2D eigenvalue weighted by Gasteiger charge is -2.35. The molecule has 2 aliphatic heterocycles. The van der Waals surface area contributed by atoms with Crippen molar-refractivity contribution in [2.75, 3.05) is 45.8 Å². The third-order valence-corrected chi connectivity index (χ3v) is 9.15. The zero-order valence-corrected chi connectivity index (χ0v) is 22.8. The van der Waals surface area contributed by atoms with Crippen molar-refractivity contribution in [3.8, 4) is 0 Å². The van der Waals surface area contributed by atoms with Gasteiger partial charge in [0.15, 0.2) is 0 Å². The van der Waals surface area contributed by atoms with E-state index in [0.29, 0.717) is 11.8 Å². The Bertz CT molecular complexity index is 917. The van der Waals surface area contributed by atoms with Crippen LogP contribution in [-0.2, 0) is 6.42 Å². The molecule has 3 aliphatic rings. The van der Waals surface area contributed by atoms with Crippen LogP contribution in [0.5, 0.6) is 0 Å². The highest BCUT2D eigenvalue weighted by atomic mass is 15.2. The first kappa shape index (κ1) is 25.5. The van der Waals surface area contributed by atoms with Gasteiger partial charge in [0.1, 0.15) is 0 Å². The predicted octanol–water partition coefficient (Wildman–Crippen LogP) is 6.15. The summed E-state index contributed by atoms with van der Waals surface area (Å²) in [6.07, 6.45) is 7.08. The van der Waals surface area contributed by atoms with Gasteiger partial charge in [-0.1, -0.05) is 71.0 Å². The fourth-order valence-corrected chi connectivity index (χ4v) is 6.91. The average Bonchev–Trinajstić information content (AvgIpc) is 3.51. The average molecular weight is 464 g/mol. The van der Waals surface area contributed by atoms with Gasteiger partial charge in [0.25, 0.3) is 0 Å². The van der Waals surface area contributed by atoms with Crippen molar-refractivity contribution in [1.29, 1.82) is 0 Å². The normalized spacial score (nSPS) is 31.2. The second-order valence-corrected chi connectivity index (χ2v) is 12.1. The summed E-state index contributed by atoms with van der Waals surface area (Å²) in [7, 11) is 0. The third kappa shape index (κ3) is 5.16. The van der Waals surface area contributed by atoms with E-state index >= 15 is 0 Å². The number of hydrogen-bond donors (Lipinski definition) is 1. The van der Waals surface area contributed by atoms with Crippen LogP contribution >= 0.6 is 0 Å². The third-order valence-electron chi connectivity index (χ3n) is 9.15. The standard InChI is InChI=1S/C31H49N3/c1-8-15-33-17-28(27-14-11-25(10-3)23(4)16-27)30(6,21-33)19-32-20-31(7)22-34(24(5)9-2)18-29(31)26-12-13-26/h11-12,14,16,28-29,32H,5,8-10,13,15,17-22H2,1-4,6-7H3. The molecule has 188 valence electrons. The fourth-order valence-electron chi connectivity index (χ4n) is 6.91. The molecular weight excluding hydrogens is 414 g/mol. The van der Waals surface area contributed by atoms with E-state index in [2.05, 4.69) is 87.5 Å². The summed E-state index contributed by atoms with van der Waals surface area (Å²) < 4.78 is 0. The number of allylic oxidation sites excluding steroid dienone is 2. The van der Waals surface area contributed by atoms with E-state index in [0.717, 1.165) is 39.0 Å². The first-order valence-electron chi connectivity index (χ1n) is 13.9. The molecule has 4 atom stereocenters. The lowest BCUT2D eigenvalue weighted by atomic mass is 9.74. The molecule has 0 bridgehead atoms. The zero-order valence-electron chi connectivity index (χ0n) is 22.8. The van der Waals surface area contributed by atoms with Crippen LogP contribution in [0.1, 0.15) is 76.5 Å². The van der Waals surface area contributed by atoms with Crippen LogP contribution in [0.3, 0.4) is 0 Å². The lowest BCUT2D eigenvalue weighted by molar-refractivity contribution is 0.219. The topological polar surface area (TPSA) is 18.5 Å². The Balaban J connectivity index is 1.47. The molecule has 2 fully saturated rings. The van der Waals surface area contributed by atoms with Crippen LogP contribution in [0.25, 0.3) is 0 Å². The van der Waals surface area contributed by atoms with Gasteiger partial charge in [-0.15, -0.1) is 0 Å². The molecule has 0 aromatic heterocycles. The molecule has 0 amide bonds. The molecular formula is C31H49N3. The maximum absolute atomic E-state index is 4.36. The summed E-state index contributed by atoms with van der Waals surface area (Å²) in [4.78, 5) is 5.27. The number of rotatable bonds is 11. The lowest BCUT2D eigenvalue weighted by Crippen LogP contribution is -2.44. The van der Waals surface area contributed by atoms with Crippen molar-refractivity contribution >= 4 is 0 Å². The number of nitrogens with zero attached hydrogens (tertiary/aromatic N) is 2. The minimum atomic E-state index is 0.255. The summed E-state index contributed by atoms with van der Waals surface area (Å²) in [5, 5.41) is 4.03. The van der Waals surface area contributed by atoms with Gasteiger partial charge in [0.05, 0.1) is 0 Å². The van der Waals surface area contributed by atoms with E-state index in [1.807, 2.05) is 0 Å². The van der Waals surface area contributed by atoms with Gasteiger partial charge in [0.2, 0.25) is 0 Å². The van der Waals surface area contributed by atoms with E-state index in [1.54, 1.807) is 5.57 Å². The van der Waals surface area contributed by atoms with E-state index < -0.39 is 0 Å². The molecule has 0 saturated carbocycles. The van der Waals surface area contributed by atoms with Gasteiger partial charge >= 0.3 is 0 Å². The highest BCUT2D eigenvalue weighted by Crippen LogP contribution is 2.47. The largest absolute Gasteiger partial charge is 0.374 e. The summed E-state index contributed by atoms with van der Waals surface area (Å²) in [5.74, 6) is 1.27. The van der Waals surface area contributed by atoms with Crippen molar-refractivity contribution in [2.45, 2.75) is 73.1 Å². The molecule has 2 saturated heterocycles. The molecule has 2 heterocycles. The minimum absolute atomic E-state index is 0.255. The minimum Gasteiger partial charge on any atom is -0.374 e. The van der Waals surface area contributed by atoms with Gasteiger partial charge in [0, 0.05) is 67.6 Å². The zero-order chi connectivity index (χ0) is 24.5. The highest BCUT2D eigenvalue weighted by molar-refractivity contribution is 5.35. The molecule has 3 nitrogen and oxygen atoms in total. The Morgan fingerprint density at radius 2 is 1.76 bits per heavy atom. The maximum Gasteiger partial charge on any atom is 0.0247 e. The van der Waals surface area contributed by atoms with E-state index in [9.17, 15) is 0 Å². The maximum atomic E-state index is 4.36. The number of hydrogen-bond acceptors (Lipinski definition) is 3. The SMILES string of the molecule is C=C(CC)N1CC(C2=CC2)C(C)(CNCC2(C)CN(CCC)CC2c2ccc(CC)c(C)c2)C1. The predicted molar refractivity (Wildman–Crippen MR) is 146 cm³/mol. The Kier molecular flexibility index (Phi) is 7.64. The summed E-state index contributed by atoms with van der Waals surface area (Å²) in [6, 6.07) is 7.29. The van der Waals surface area contributed by atoms with Gasteiger partial charge in [-0.2, -0.15) is 0 Å². The van der Waals surface area contributed by atoms with Crippen LogP contribution < -0.4 is 5.32 Å². The molecule has 0 radical (unpaired) electrons. The van der Waals surface area contributed by atoms with Gasteiger partial charge < -0.3 is 15.1 Å². The molecule has 1 aliphatic carbocycles. The van der Waals surface area contributed by atoms with Crippen LogP contribution in [0, 0.1) is 23.7 Å². The molecule has 4 unspecified atom stereocenters. The Labute approximate surface area is 209 Å². The summed E-state index contributed by atoms with van der Waals surface area (Å²) >= 11 is 0. The van der Waals surface area contributed by atoms with Crippen molar-refractivity contribution in [3.63, 3.8) is 0 Å². The first-order chi connectivity index (χ1) is 16.2. The summed E-state index contributed by atoms with van der Waals surface area (Å²) in [5.41, 5.74) is 8.01. The number of likely N-dealkylation sites (tertiary alicyclic amines) is 2. The quantitative estimate of drug-likeness (QED) is 0.397. The van der Waals surface area contributed by atoms with Crippen LogP contribution in [0.2, 0.25) is 0 Å². The number of nitrogens with one attached hydrogen (secondary N) is 1. The second kappa shape index (κ2) is 10.2. The molecule has 4 rings (SSSR count). The molecule has 0 spiro atoms. The van der Waals surface area contributed by atoms with Crippen LogP contribution in [0.15, 0.2) is 42.1 Å². The van der Waals surface area contributed by atoms with E-state index in [4.69, 9.17) is 0 Å². The monoisotopic (exact) mass is 463 g/mol. The van der Waals surface area contributed by atoms with Crippen LogP contribution in [0.4, 0.5) is 0 Å². The Morgan fingerprint density at radius 1 is 1.06 bits per heavy atom. The molecule has 1 N–H and O–H groups in total. The van der Waals surface area contributed by atoms with E-state index in [-0.39, 0.29) is 10.8 Å². The molecule has 3 heteroatoms. The summed E-state index contributed by atoms with van der Waals surface area (Å²) in [6.45, 7) is 26.6. The van der Waals surface area contributed by atoms with E-state index in [1.165, 1.54) is 54.9 Å². The van der Waals surface area contributed by atoms with Gasteiger partial charge in [-0.05, 0) is 55.8 Å². The second-order valence-electron chi connectivity index (χ2n) is 12.1. The highest BCUT2D eigenvalue weighted by Gasteiger charge is 2.47. The Morgan fingerprint density at radius 3 is 2.35 bits per heavy atom. The van der Waals surface area contributed by atoms with Gasteiger partial charge in [-0.25, -0.2) is 0 Å². The van der Waals surface area contributed by atoms with Gasteiger partial charge in [-0.3, -0.25) is 0 Å². The number of benzene rings is 1. The Hall–Kier alpha value is -1.58. The van der Waals surface area contributed by atoms with Crippen molar-refractivity contribution in [3.05, 3.63) is 58.8 Å².